The van der Waals surface area contributed by atoms with E-state index in [-0.39, 0.29) is 0 Å². The van der Waals surface area contributed by atoms with Crippen LogP contribution in [0.25, 0.3) is 0 Å². The maximum Gasteiger partial charge on any atom is 0.336 e. The largest absolute Gasteiger partial charge is 0.478 e. The van der Waals surface area contributed by atoms with Crippen LogP contribution in [0.4, 0.5) is 0 Å². The normalized spacial score (nSPS) is 5.33. The molecule has 0 aliphatic carbocycles. The van der Waals surface area contributed by atoms with Gasteiger partial charge in [0.05, 0.1) is 6.08 Å². The number of hydrogen-bond donors (Lipinski definition) is 1. The van der Waals surface area contributed by atoms with E-state index in [9.17, 15) is 4.79 Å². The van der Waals surface area contributed by atoms with E-state index in [1.807, 2.05) is 0 Å². The fraction of sp³-hybridized carbons (Fsp3) is 0. The summed E-state index contributed by atoms with van der Waals surface area (Å²) in [5.41, 5.74) is 9.00. The predicted molar refractivity (Wildman–Crippen MR) is 31.9 cm³/mol. The van der Waals surface area contributed by atoms with Crippen LogP contribution in [0.3, 0.4) is 0 Å². The van der Waals surface area contributed by atoms with Crippen molar-refractivity contribution < 1.29 is 9.90 Å². The second-order valence-corrected chi connectivity index (χ2v) is 1.05. The highest BCUT2D eigenvalue weighted by Crippen LogP contribution is 1.62. The molecule has 0 fully saturated rings. The van der Waals surface area contributed by atoms with Gasteiger partial charge < -0.3 is 5.11 Å². The van der Waals surface area contributed by atoms with Crippen LogP contribution in [-0.4, -0.2) is 11.1 Å². The first-order chi connectivity index (χ1) is 4.27. The lowest BCUT2D eigenvalue weighted by atomic mass is 10.6. The fourth-order valence-electron chi connectivity index (χ4n) is 0.178. The SMILES string of the molecule is C=C=C=C=C=CC(=O)O. The van der Waals surface area contributed by atoms with Crippen LogP contribution in [0.1, 0.15) is 0 Å². The second-order valence-electron chi connectivity index (χ2n) is 1.05. The van der Waals surface area contributed by atoms with E-state index in [0.717, 1.165) is 6.08 Å². The first kappa shape index (κ1) is 7.33. The molecule has 0 unspecified atom stereocenters. The van der Waals surface area contributed by atoms with Crippen molar-refractivity contribution >= 4 is 5.97 Å². The first-order valence-electron chi connectivity index (χ1n) is 2.11. The molecule has 1 N–H and O–H groups in total. The topological polar surface area (TPSA) is 37.3 Å². The van der Waals surface area contributed by atoms with Gasteiger partial charge in [-0.05, 0) is 18.0 Å². The summed E-state index contributed by atoms with van der Waals surface area (Å²) < 4.78 is 0. The molecule has 0 radical (unpaired) electrons. The Balaban J connectivity index is 4.50. The Hall–Kier alpha value is -1.67. The van der Waals surface area contributed by atoms with E-state index in [1.54, 1.807) is 0 Å². The quantitative estimate of drug-likeness (QED) is 0.412. The van der Waals surface area contributed by atoms with Gasteiger partial charge >= 0.3 is 5.97 Å². The number of carboxylic acid groups (broad SMARTS) is 1. The molecule has 0 spiro atoms. The van der Waals surface area contributed by atoms with Crippen LogP contribution in [0.2, 0.25) is 0 Å². The molecule has 0 aromatic heterocycles. The van der Waals surface area contributed by atoms with Crippen molar-refractivity contribution in [3.63, 3.8) is 0 Å². The molecule has 0 heterocycles. The molecular formula is C7H4O2. The lowest BCUT2D eigenvalue weighted by Gasteiger charge is -1.65. The standard InChI is InChI=1S/C7H4O2/c1-2-3-4-5-6-7(8)9/h6H,1H2,(H,8,9). The van der Waals surface area contributed by atoms with Crippen molar-refractivity contribution in [1.29, 1.82) is 0 Å². The van der Waals surface area contributed by atoms with Crippen molar-refractivity contribution in [2.45, 2.75) is 0 Å². The van der Waals surface area contributed by atoms with Crippen LogP contribution >= 0.6 is 0 Å². The molecule has 0 bridgehead atoms. The van der Waals surface area contributed by atoms with Gasteiger partial charge in [-0.3, -0.25) is 0 Å². The number of carboxylic acids is 1. The Morgan fingerprint density at radius 3 is 2.67 bits per heavy atom. The monoisotopic (exact) mass is 120 g/mol. The molecule has 2 heteroatoms. The lowest BCUT2D eigenvalue weighted by molar-refractivity contribution is -0.131. The van der Waals surface area contributed by atoms with E-state index in [4.69, 9.17) is 5.11 Å². The molecule has 0 saturated carbocycles. The minimum absolute atomic E-state index is 0.824. The summed E-state index contributed by atoms with van der Waals surface area (Å²) in [4.78, 5) is 9.74. The van der Waals surface area contributed by atoms with Gasteiger partial charge in [-0.1, -0.05) is 11.5 Å². The predicted octanol–water partition coefficient (Wildman–Crippen LogP) is 0.877. The average Bonchev–Trinajstić information content (AvgIpc) is 1.80. The number of rotatable bonds is 1. The van der Waals surface area contributed by atoms with Crippen LogP contribution < -0.4 is 0 Å². The molecule has 0 aliphatic rings. The van der Waals surface area contributed by atoms with Gasteiger partial charge in [-0.15, -0.1) is 0 Å². The third kappa shape index (κ3) is 6.33. The summed E-state index contributed by atoms with van der Waals surface area (Å²) in [6.07, 6.45) is 0.824. The van der Waals surface area contributed by atoms with Crippen LogP contribution in [0, 0.1) is 0 Å². The van der Waals surface area contributed by atoms with Gasteiger partial charge in [0.25, 0.3) is 0 Å². The van der Waals surface area contributed by atoms with Crippen molar-refractivity contribution in [2.75, 3.05) is 0 Å². The van der Waals surface area contributed by atoms with E-state index >= 15 is 0 Å². The van der Waals surface area contributed by atoms with Gasteiger partial charge in [0, 0.05) is 0 Å². The number of aliphatic carboxylic acids is 1. The first-order valence-corrected chi connectivity index (χ1v) is 2.11. The summed E-state index contributed by atoms with van der Waals surface area (Å²) in [6, 6.07) is 0. The third-order valence-corrected chi connectivity index (χ3v) is 0.419. The van der Waals surface area contributed by atoms with Crippen molar-refractivity contribution in [2.24, 2.45) is 0 Å². The Kier molecular flexibility index (Phi) is 3.66. The maximum atomic E-state index is 9.74. The molecule has 9 heavy (non-hydrogen) atoms. The third-order valence-electron chi connectivity index (χ3n) is 0.419. The van der Waals surface area contributed by atoms with E-state index < -0.39 is 5.97 Å². The summed E-state index contributed by atoms with van der Waals surface area (Å²) in [5.74, 6) is -1.06. The molecule has 0 amide bonds. The summed E-state index contributed by atoms with van der Waals surface area (Å²) >= 11 is 0. The zero-order valence-corrected chi connectivity index (χ0v) is 4.64. The minimum Gasteiger partial charge on any atom is -0.478 e. The molecule has 0 atom stereocenters. The molecule has 2 nitrogen and oxygen atoms in total. The average molecular weight is 120 g/mol. The number of hydrogen-bond acceptors (Lipinski definition) is 1. The van der Waals surface area contributed by atoms with Crippen molar-refractivity contribution in [3.8, 4) is 0 Å². The second kappa shape index (κ2) is 4.49. The van der Waals surface area contributed by atoms with E-state index in [0.29, 0.717) is 0 Å². The Bertz CT molecular complexity index is 251. The molecule has 0 aliphatic heterocycles. The fourth-order valence-corrected chi connectivity index (χ4v) is 0.178. The Morgan fingerprint density at radius 2 is 2.22 bits per heavy atom. The molecule has 0 aromatic carbocycles. The summed E-state index contributed by atoms with van der Waals surface area (Å²) in [7, 11) is 0. The molecule has 0 aromatic rings. The van der Waals surface area contributed by atoms with Gasteiger partial charge in [-0.25, -0.2) is 4.79 Å². The Labute approximate surface area is 52.4 Å². The van der Waals surface area contributed by atoms with Crippen molar-refractivity contribution in [3.05, 3.63) is 35.6 Å². The number of carbonyl (C=O) groups is 1. The molecule has 0 saturated heterocycles. The molecular weight excluding hydrogens is 116 g/mol. The maximum absolute atomic E-state index is 9.74. The van der Waals surface area contributed by atoms with Gasteiger partial charge in [-0.2, -0.15) is 0 Å². The summed E-state index contributed by atoms with van der Waals surface area (Å²) in [6.45, 7) is 3.18. The van der Waals surface area contributed by atoms with E-state index in [1.165, 1.54) is 0 Å². The van der Waals surface area contributed by atoms with Crippen LogP contribution in [0.15, 0.2) is 35.6 Å². The lowest BCUT2D eigenvalue weighted by Crippen LogP contribution is -1.82. The van der Waals surface area contributed by atoms with Gasteiger partial charge in [0.2, 0.25) is 0 Å². The zero-order valence-electron chi connectivity index (χ0n) is 4.64. The van der Waals surface area contributed by atoms with Gasteiger partial charge in [0.1, 0.15) is 0 Å². The highest BCUT2D eigenvalue weighted by molar-refractivity contribution is 5.79. The summed E-state index contributed by atoms with van der Waals surface area (Å²) in [5, 5.41) is 7.99. The van der Waals surface area contributed by atoms with Gasteiger partial charge in [0.15, 0.2) is 0 Å². The Morgan fingerprint density at radius 1 is 1.56 bits per heavy atom. The molecule has 44 valence electrons. The minimum atomic E-state index is -1.06. The molecule has 0 rings (SSSR count). The van der Waals surface area contributed by atoms with Crippen LogP contribution in [-0.2, 0) is 4.79 Å². The van der Waals surface area contributed by atoms with Crippen molar-refractivity contribution in [1.82, 2.24) is 0 Å². The highest BCUT2D eigenvalue weighted by Gasteiger charge is 1.77. The zero-order chi connectivity index (χ0) is 7.11. The smallest absolute Gasteiger partial charge is 0.336 e. The van der Waals surface area contributed by atoms with Crippen LogP contribution in [0.5, 0.6) is 0 Å². The van der Waals surface area contributed by atoms with E-state index in [2.05, 4.69) is 29.5 Å². The highest BCUT2D eigenvalue weighted by atomic mass is 16.4.